The third-order valence-electron chi connectivity index (χ3n) is 3.82. The highest BCUT2D eigenvalue weighted by molar-refractivity contribution is 5.38. The van der Waals surface area contributed by atoms with Gasteiger partial charge in [-0.05, 0) is 30.9 Å². The van der Waals surface area contributed by atoms with E-state index in [-0.39, 0.29) is 0 Å². The van der Waals surface area contributed by atoms with Crippen molar-refractivity contribution < 1.29 is 9.84 Å². The molecule has 1 aromatic carbocycles. The second-order valence-corrected chi connectivity index (χ2v) is 5.91. The molecule has 2 rings (SSSR count). The summed E-state index contributed by atoms with van der Waals surface area (Å²) in [7, 11) is 1.64. The number of benzene rings is 1. The van der Waals surface area contributed by atoms with Crippen LogP contribution in [0.25, 0.3) is 0 Å². The fraction of sp³-hybridized carbons (Fsp3) is 0.600. The Balaban J connectivity index is 1.99. The number of aryl methyl sites for hydroxylation is 1. The van der Waals surface area contributed by atoms with Gasteiger partial charge in [-0.2, -0.15) is 0 Å². The molecule has 1 aliphatic carbocycles. The molecule has 3 heteroatoms. The summed E-state index contributed by atoms with van der Waals surface area (Å²) < 4.78 is 5.30. The molecule has 2 unspecified atom stereocenters. The van der Waals surface area contributed by atoms with E-state index < -0.39 is 6.10 Å². The molecule has 0 aromatic heterocycles. The Labute approximate surface area is 109 Å². The highest BCUT2D eigenvalue weighted by Gasteiger charge is 2.45. The fourth-order valence-corrected chi connectivity index (χ4v) is 2.29. The summed E-state index contributed by atoms with van der Waals surface area (Å²) in [4.78, 5) is 0. The van der Waals surface area contributed by atoms with Gasteiger partial charge in [0.15, 0.2) is 0 Å². The van der Waals surface area contributed by atoms with Crippen LogP contribution in [0.1, 0.15) is 37.5 Å². The van der Waals surface area contributed by atoms with Gasteiger partial charge in [0.25, 0.3) is 0 Å². The first kappa shape index (κ1) is 13.4. The van der Waals surface area contributed by atoms with Crippen LogP contribution in [-0.2, 0) is 0 Å². The molecule has 0 heterocycles. The average Bonchev–Trinajstić information content (AvgIpc) is 2.94. The Kier molecular flexibility index (Phi) is 3.64. The largest absolute Gasteiger partial charge is 0.496 e. The zero-order valence-corrected chi connectivity index (χ0v) is 11.7. The van der Waals surface area contributed by atoms with E-state index in [1.165, 1.54) is 6.42 Å². The van der Waals surface area contributed by atoms with Crippen LogP contribution in [0.2, 0.25) is 0 Å². The van der Waals surface area contributed by atoms with Crippen molar-refractivity contribution in [2.45, 2.75) is 39.3 Å². The molecular weight excluding hydrogens is 226 g/mol. The summed E-state index contributed by atoms with van der Waals surface area (Å²) in [5.74, 6) is 0.755. The van der Waals surface area contributed by atoms with Crippen molar-refractivity contribution in [1.82, 2.24) is 5.32 Å². The second-order valence-electron chi connectivity index (χ2n) is 5.91. The van der Waals surface area contributed by atoms with E-state index in [0.29, 0.717) is 18.0 Å². The number of rotatable bonds is 5. The van der Waals surface area contributed by atoms with Gasteiger partial charge >= 0.3 is 0 Å². The molecule has 0 spiro atoms. The van der Waals surface area contributed by atoms with Gasteiger partial charge in [0.1, 0.15) is 5.75 Å². The first-order valence-electron chi connectivity index (χ1n) is 6.50. The fourth-order valence-electron chi connectivity index (χ4n) is 2.29. The predicted octanol–water partition coefficient (Wildman–Crippen LogP) is 2.43. The van der Waals surface area contributed by atoms with Crippen molar-refractivity contribution in [3.8, 4) is 5.75 Å². The number of ether oxygens (including phenoxy) is 1. The summed E-state index contributed by atoms with van der Waals surface area (Å²) in [5.41, 5.74) is 2.39. The van der Waals surface area contributed by atoms with E-state index in [1.807, 2.05) is 25.1 Å². The minimum Gasteiger partial charge on any atom is -0.496 e. The van der Waals surface area contributed by atoms with Gasteiger partial charge in [0.05, 0.1) is 13.2 Å². The number of hydrogen-bond donors (Lipinski definition) is 2. The van der Waals surface area contributed by atoms with Crippen LogP contribution < -0.4 is 10.1 Å². The highest BCUT2D eigenvalue weighted by Crippen LogP contribution is 2.44. The SMILES string of the molecule is COc1ccc(C)cc1C(O)CNC1CC1(C)C. The third kappa shape index (κ3) is 2.85. The highest BCUT2D eigenvalue weighted by atomic mass is 16.5. The molecule has 0 amide bonds. The molecule has 2 N–H and O–H groups in total. The third-order valence-corrected chi connectivity index (χ3v) is 3.82. The molecule has 18 heavy (non-hydrogen) atoms. The first-order chi connectivity index (χ1) is 8.44. The van der Waals surface area contributed by atoms with Crippen LogP contribution >= 0.6 is 0 Å². The zero-order chi connectivity index (χ0) is 13.3. The van der Waals surface area contributed by atoms with Crippen LogP contribution in [0.3, 0.4) is 0 Å². The van der Waals surface area contributed by atoms with Crippen LogP contribution in [0.5, 0.6) is 5.75 Å². The summed E-state index contributed by atoms with van der Waals surface area (Å²) in [6, 6.07) is 6.42. The van der Waals surface area contributed by atoms with Crippen molar-refractivity contribution in [2.75, 3.05) is 13.7 Å². The summed E-state index contributed by atoms with van der Waals surface area (Å²) >= 11 is 0. The maximum Gasteiger partial charge on any atom is 0.124 e. The lowest BCUT2D eigenvalue weighted by atomic mass is 10.0. The number of aliphatic hydroxyl groups excluding tert-OH is 1. The molecule has 1 aromatic rings. The molecule has 3 nitrogen and oxygen atoms in total. The van der Waals surface area contributed by atoms with E-state index in [1.54, 1.807) is 7.11 Å². The van der Waals surface area contributed by atoms with Gasteiger partial charge in [-0.1, -0.05) is 25.5 Å². The van der Waals surface area contributed by atoms with Crippen molar-refractivity contribution in [3.63, 3.8) is 0 Å². The lowest BCUT2D eigenvalue weighted by molar-refractivity contribution is 0.168. The van der Waals surface area contributed by atoms with Crippen LogP contribution in [0.15, 0.2) is 18.2 Å². The van der Waals surface area contributed by atoms with Crippen LogP contribution in [-0.4, -0.2) is 24.8 Å². The van der Waals surface area contributed by atoms with Crippen molar-refractivity contribution in [2.24, 2.45) is 5.41 Å². The van der Waals surface area contributed by atoms with Crippen molar-refractivity contribution >= 4 is 0 Å². The molecule has 100 valence electrons. The maximum atomic E-state index is 10.3. The quantitative estimate of drug-likeness (QED) is 0.842. The summed E-state index contributed by atoms with van der Waals surface area (Å²) in [6.07, 6.45) is 0.668. The lowest BCUT2D eigenvalue weighted by Crippen LogP contribution is -2.26. The standard InChI is InChI=1S/C15H23NO2/c1-10-5-6-13(18-4)11(7-10)12(17)9-16-14-8-15(14,2)3/h5-7,12,14,16-17H,8-9H2,1-4H3. The molecule has 0 radical (unpaired) electrons. The second kappa shape index (κ2) is 4.90. The maximum absolute atomic E-state index is 10.3. The zero-order valence-electron chi connectivity index (χ0n) is 11.7. The first-order valence-corrected chi connectivity index (χ1v) is 6.50. The normalized spacial score (nSPS) is 22.6. The van der Waals surface area contributed by atoms with Crippen LogP contribution in [0.4, 0.5) is 0 Å². The topological polar surface area (TPSA) is 41.5 Å². The van der Waals surface area contributed by atoms with Gasteiger partial charge in [-0.15, -0.1) is 0 Å². The van der Waals surface area contributed by atoms with Gasteiger partial charge in [-0.25, -0.2) is 0 Å². The predicted molar refractivity (Wildman–Crippen MR) is 72.9 cm³/mol. The van der Waals surface area contributed by atoms with E-state index in [2.05, 4.69) is 19.2 Å². The Hall–Kier alpha value is -1.06. The average molecular weight is 249 g/mol. The van der Waals surface area contributed by atoms with Gasteiger partial charge in [0.2, 0.25) is 0 Å². The Bertz CT molecular complexity index is 429. The van der Waals surface area contributed by atoms with Gasteiger partial charge in [0, 0.05) is 18.2 Å². The van der Waals surface area contributed by atoms with Crippen molar-refractivity contribution in [1.29, 1.82) is 0 Å². The molecule has 1 saturated carbocycles. The number of aliphatic hydroxyl groups is 1. The Morgan fingerprint density at radius 1 is 1.50 bits per heavy atom. The Morgan fingerprint density at radius 2 is 2.17 bits per heavy atom. The molecule has 1 aliphatic rings. The lowest BCUT2D eigenvalue weighted by Gasteiger charge is -2.16. The van der Waals surface area contributed by atoms with E-state index in [9.17, 15) is 5.11 Å². The molecule has 0 aliphatic heterocycles. The van der Waals surface area contributed by atoms with Gasteiger partial charge in [-0.3, -0.25) is 0 Å². The summed E-state index contributed by atoms with van der Waals surface area (Å²) in [6.45, 7) is 7.08. The Morgan fingerprint density at radius 3 is 2.72 bits per heavy atom. The van der Waals surface area contributed by atoms with E-state index in [4.69, 9.17) is 4.74 Å². The number of nitrogens with one attached hydrogen (secondary N) is 1. The number of hydrogen-bond acceptors (Lipinski definition) is 3. The van der Waals surface area contributed by atoms with Crippen LogP contribution in [0, 0.1) is 12.3 Å². The minimum absolute atomic E-state index is 0.385. The molecule has 0 saturated heterocycles. The smallest absolute Gasteiger partial charge is 0.124 e. The molecule has 1 fully saturated rings. The monoisotopic (exact) mass is 249 g/mol. The number of methoxy groups -OCH3 is 1. The molecule has 0 bridgehead atoms. The van der Waals surface area contributed by atoms with Gasteiger partial charge < -0.3 is 15.2 Å². The van der Waals surface area contributed by atoms with E-state index >= 15 is 0 Å². The van der Waals surface area contributed by atoms with E-state index in [0.717, 1.165) is 16.9 Å². The minimum atomic E-state index is -0.517. The van der Waals surface area contributed by atoms with Crippen molar-refractivity contribution in [3.05, 3.63) is 29.3 Å². The molecule has 2 atom stereocenters. The summed E-state index contributed by atoms with van der Waals surface area (Å²) in [5, 5.41) is 13.7. The molecular formula is C15H23NO2.